The SMILES string of the molecule is NC1CCC(Nc2nccc(-c3cnccc3Oc3ccc(NS(=O)(=O)c4ccccc4)cc3F)n2)CC1. The van der Waals surface area contributed by atoms with Gasteiger partial charge in [-0.05, 0) is 62.1 Å². The van der Waals surface area contributed by atoms with Gasteiger partial charge in [0.1, 0.15) is 5.75 Å². The summed E-state index contributed by atoms with van der Waals surface area (Å²) in [5, 5.41) is 3.37. The summed E-state index contributed by atoms with van der Waals surface area (Å²) in [5.74, 6) is 0.0106. The zero-order chi connectivity index (χ0) is 26.5. The Kier molecular flexibility index (Phi) is 7.47. The van der Waals surface area contributed by atoms with Gasteiger partial charge in [-0.25, -0.2) is 22.8 Å². The van der Waals surface area contributed by atoms with Crippen molar-refractivity contribution in [1.82, 2.24) is 15.0 Å². The van der Waals surface area contributed by atoms with Crippen LogP contribution in [0.4, 0.5) is 16.0 Å². The van der Waals surface area contributed by atoms with E-state index in [0.29, 0.717) is 23.0 Å². The fourth-order valence-electron chi connectivity index (χ4n) is 4.27. The molecule has 0 radical (unpaired) electrons. The van der Waals surface area contributed by atoms with Crippen LogP contribution in [0.1, 0.15) is 25.7 Å². The summed E-state index contributed by atoms with van der Waals surface area (Å²) in [5.41, 5.74) is 7.19. The number of halogens is 1. The van der Waals surface area contributed by atoms with Crippen molar-refractivity contribution in [2.75, 3.05) is 10.0 Å². The van der Waals surface area contributed by atoms with E-state index < -0.39 is 15.8 Å². The molecule has 1 aliphatic carbocycles. The van der Waals surface area contributed by atoms with Crippen molar-refractivity contribution in [2.24, 2.45) is 5.73 Å². The van der Waals surface area contributed by atoms with E-state index in [1.54, 1.807) is 42.7 Å². The lowest BCUT2D eigenvalue weighted by molar-refractivity contribution is 0.410. The molecule has 0 saturated heterocycles. The molecule has 196 valence electrons. The van der Waals surface area contributed by atoms with Gasteiger partial charge >= 0.3 is 0 Å². The number of sulfonamides is 1. The Morgan fingerprint density at radius 2 is 1.74 bits per heavy atom. The molecule has 2 aromatic carbocycles. The van der Waals surface area contributed by atoms with Crippen LogP contribution >= 0.6 is 0 Å². The van der Waals surface area contributed by atoms with Gasteiger partial charge in [-0.2, -0.15) is 0 Å². The molecule has 2 aromatic heterocycles. The second-order valence-electron chi connectivity index (χ2n) is 9.06. The average Bonchev–Trinajstić information content (AvgIpc) is 2.92. The van der Waals surface area contributed by atoms with E-state index in [0.717, 1.165) is 31.7 Å². The smallest absolute Gasteiger partial charge is 0.261 e. The Balaban J connectivity index is 1.33. The van der Waals surface area contributed by atoms with E-state index in [2.05, 4.69) is 25.0 Å². The summed E-state index contributed by atoms with van der Waals surface area (Å²) in [6.45, 7) is 0. The first kappa shape index (κ1) is 25.6. The lowest BCUT2D eigenvalue weighted by Gasteiger charge is -2.26. The number of nitrogens with zero attached hydrogens (tertiary/aromatic N) is 3. The fraction of sp³-hybridized carbons (Fsp3) is 0.222. The van der Waals surface area contributed by atoms with Crippen LogP contribution in [0.3, 0.4) is 0 Å². The molecule has 1 fully saturated rings. The Morgan fingerprint density at radius 3 is 2.50 bits per heavy atom. The maximum Gasteiger partial charge on any atom is 0.261 e. The van der Waals surface area contributed by atoms with E-state index in [1.807, 2.05) is 0 Å². The zero-order valence-corrected chi connectivity index (χ0v) is 21.2. The minimum absolute atomic E-state index is 0.0730. The van der Waals surface area contributed by atoms with E-state index in [9.17, 15) is 12.8 Å². The van der Waals surface area contributed by atoms with Crippen LogP contribution in [0.2, 0.25) is 0 Å². The molecule has 0 atom stereocenters. The quantitative estimate of drug-likeness (QED) is 0.289. The van der Waals surface area contributed by atoms with E-state index in [4.69, 9.17) is 10.5 Å². The van der Waals surface area contributed by atoms with E-state index in [1.165, 1.54) is 30.5 Å². The van der Waals surface area contributed by atoms with Gasteiger partial charge in [0.15, 0.2) is 11.6 Å². The van der Waals surface area contributed by atoms with Gasteiger partial charge in [0, 0.05) is 36.7 Å². The molecule has 4 N–H and O–H groups in total. The highest BCUT2D eigenvalue weighted by Gasteiger charge is 2.20. The first-order valence-electron chi connectivity index (χ1n) is 12.2. The van der Waals surface area contributed by atoms with Gasteiger partial charge in [0.2, 0.25) is 5.95 Å². The third kappa shape index (κ3) is 6.06. The normalized spacial score (nSPS) is 17.5. The minimum atomic E-state index is -3.85. The van der Waals surface area contributed by atoms with E-state index >= 15 is 0 Å². The molecule has 0 amide bonds. The Labute approximate surface area is 220 Å². The molecule has 1 saturated carbocycles. The van der Waals surface area contributed by atoms with Crippen molar-refractivity contribution in [3.05, 3.63) is 85.1 Å². The molecule has 9 nitrogen and oxygen atoms in total. The van der Waals surface area contributed by atoms with Crippen molar-refractivity contribution in [1.29, 1.82) is 0 Å². The number of nitrogens with two attached hydrogens (primary N) is 1. The van der Waals surface area contributed by atoms with Gasteiger partial charge in [-0.15, -0.1) is 0 Å². The van der Waals surface area contributed by atoms with Gasteiger partial charge in [-0.3, -0.25) is 9.71 Å². The molecule has 4 aromatic rings. The second-order valence-corrected chi connectivity index (χ2v) is 10.7. The maximum absolute atomic E-state index is 15.0. The fourth-order valence-corrected chi connectivity index (χ4v) is 5.34. The van der Waals surface area contributed by atoms with E-state index in [-0.39, 0.29) is 28.4 Å². The van der Waals surface area contributed by atoms with Crippen LogP contribution in [-0.2, 0) is 10.0 Å². The van der Waals surface area contributed by atoms with Gasteiger partial charge in [-0.1, -0.05) is 18.2 Å². The summed E-state index contributed by atoms with van der Waals surface area (Å²) in [7, 11) is -3.85. The molecular formula is C27H27FN6O3S. The maximum atomic E-state index is 15.0. The number of benzene rings is 2. The molecule has 0 bridgehead atoms. The lowest BCUT2D eigenvalue weighted by Crippen LogP contribution is -2.33. The number of pyridine rings is 1. The predicted molar refractivity (Wildman–Crippen MR) is 143 cm³/mol. The van der Waals surface area contributed by atoms with Crippen molar-refractivity contribution in [2.45, 2.75) is 42.7 Å². The molecule has 11 heteroatoms. The Hall–Kier alpha value is -4.09. The Morgan fingerprint density at radius 1 is 0.947 bits per heavy atom. The van der Waals surface area contributed by atoms with Crippen LogP contribution < -0.4 is 20.5 Å². The largest absolute Gasteiger partial charge is 0.453 e. The monoisotopic (exact) mass is 534 g/mol. The second kappa shape index (κ2) is 11.1. The number of anilines is 2. The molecular weight excluding hydrogens is 507 g/mol. The molecule has 1 aliphatic rings. The van der Waals surface area contributed by atoms with Crippen LogP contribution in [-0.4, -0.2) is 35.5 Å². The van der Waals surface area contributed by atoms with Crippen LogP contribution in [0.25, 0.3) is 11.3 Å². The molecule has 2 heterocycles. The summed E-state index contributed by atoms with van der Waals surface area (Å²) >= 11 is 0. The molecule has 0 spiro atoms. The molecule has 38 heavy (non-hydrogen) atoms. The number of hydrogen-bond donors (Lipinski definition) is 3. The number of hydrogen-bond acceptors (Lipinski definition) is 8. The lowest BCUT2D eigenvalue weighted by atomic mass is 9.92. The standard InChI is InChI=1S/C27H27FN6O3S/c28-23-16-20(34-38(35,36)21-4-2-1-3-5-21)10-11-26(23)37-25-13-14-30-17-22(25)24-12-15-31-27(33-24)32-19-8-6-18(29)7-9-19/h1-5,10-19,34H,6-9,29H2,(H,31,32,33). The van der Waals surface area contributed by atoms with Gasteiger partial charge in [0.05, 0.1) is 21.8 Å². The number of ether oxygens (including phenoxy) is 1. The minimum Gasteiger partial charge on any atom is -0.453 e. The van der Waals surface area contributed by atoms with Crippen LogP contribution in [0.15, 0.2) is 84.1 Å². The van der Waals surface area contributed by atoms with Crippen molar-refractivity contribution < 1.29 is 17.5 Å². The number of aromatic nitrogens is 3. The number of nitrogens with one attached hydrogen (secondary N) is 2. The third-order valence-corrected chi connectivity index (χ3v) is 7.67. The summed E-state index contributed by atoms with van der Waals surface area (Å²) < 4.78 is 48.4. The molecule has 0 unspecified atom stereocenters. The van der Waals surface area contributed by atoms with Crippen molar-refractivity contribution in [3.63, 3.8) is 0 Å². The summed E-state index contributed by atoms with van der Waals surface area (Å²) in [6, 6.07) is 15.6. The molecule has 0 aliphatic heterocycles. The average molecular weight is 535 g/mol. The first-order chi connectivity index (χ1) is 18.4. The van der Waals surface area contributed by atoms with Gasteiger partial charge < -0.3 is 15.8 Å². The van der Waals surface area contributed by atoms with Gasteiger partial charge in [0.25, 0.3) is 10.0 Å². The van der Waals surface area contributed by atoms with Crippen molar-refractivity contribution in [3.8, 4) is 22.8 Å². The summed E-state index contributed by atoms with van der Waals surface area (Å²) in [6.07, 6.45) is 8.57. The van der Waals surface area contributed by atoms with Crippen molar-refractivity contribution >= 4 is 21.7 Å². The van der Waals surface area contributed by atoms with Crippen LogP contribution in [0.5, 0.6) is 11.5 Å². The highest BCUT2D eigenvalue weighted by atomic mass is 32.2. The number of rotatable bonds is 8. The van der Waals surface area contributed by atoms with Crippen LogP contribution in [0, 0.1) is 5.82 Å². The zero-order valence-electron chi connectivity index (χ0n) is 20.4. The molecule has 5 rings (SSSR count). The highest BCUT2D eigenvalue weighted by Crippen LogP contribution is 2.34. The first-order valence-corrected chi connectivity index (χ1v) is 13.7. The topological polar surface area (TPSA) is 132 Å². The summed E-state index contributed by atoms with van der Waals surface area (Å²) in [4.78, 5) is 13.2. The highest BCUT2D eigenvalue weighted by molar-refractivity contribution is 7.92. The third-order valence-electron chi connectivity index (χ3n) is 6.28. The Bertz CT molecular complexity index is 1510. The predicted octanol–water partition coefficient (Wildman–Crippen LogP) is 4.95.